The fourth-order valence-corrected chi connectivity index (χ4v) is 1.61. The van der Waals surface area contributed by atoms with Crippen molar-refractivity contribution in [3.05, 3.63) is 53.4 Å². The highest BCUT2D eigenvalue weighted by Gasteiger charge is 2.08. The monoisotopic (exact) mass is 213 g/mol. The van der Waals surface area contributed by atoms with E-state index < -0.39 is 0 Å². The zero-order valence-electron chi connectivity index (χ0n) is 7.26. The summed E-state index contributed by atoms with van der Waals surface area (Å²) < 4.78 is 0. The molecule has 0 fully saturated rings. The van der Waals surface area contributed by atoms with Crippen LogP contribution in [0, 0.1) is 6.92 Å². The lowest BCUT2D eigenvalue weighted by atomic mass is 9.98. The van der Waals surface area contributed by atoms with Crippen molar-refractivity contribution < 1.29 is 0 Å². The van der Waals surface area contributed by atoms with Crippen LogP contribution in [0.4, 0.5) is 0 Å². The number of hydrogen-bond donors (Lipinski definition) is 0. The summed E-state index contributed by atoms with van der Waals surface area (Å²) in [5.41, 5.74) is 0.981. The lowest BCUT2D eigenvalue weighted by Crippen LogP contribution is -1.93. The van der Waals surface area contributed by atoms with Crippen molar-refractivity contribution in [2.24, 2.45) is 0 Å². The van der Waals surface area contributed by atoms with Gasteiger partial charge in [0.1, 0.15) is 0 Å². The molecule has 1 unspecified atom stereocenters. The highest BCUT2D eigenvalue weighted by atomic mass is 35.5. The topological polar surface area (TPSA) is 0 Å². The van der Waals surface area contributed by atoms with E-state index in [0.717, 1.165) is 12.0 Å². The SMILES string of the molecule is [CH2]C(CC=C)c1cc(Cl)ccc1Cl. The molecule has 0 saturated heterocycles. The normalized spacial score (nSPS) is 12.5. The molecule has 0 spiro atoms. The maximum atomic E-state index is 5.99. The Kier molecular flexibility index (Phi) is 3.83. The molecular weight excluding hydrogens is 203 g/mol. The Morgan fingerprint density at radius 3 is 2.69 bits per heavy atom. The van der Waals surface area contributed by atoms with Crippen LogP contribution < -0.4 is 0 Å². The first-order valence-electron chi connectivity index (χ1n) is 4.04. The van der Waals surface area contributed by atoms with E-state index in [2.05, 4.69) is 13.5 Å². The molecule has 0 aliphatic rings. The van der Waals surface area contributed by atoms with Crippen LogP contribution in [0.2, 0.25) is 10.0 Å². The molecule has 1 aromatic rings. The van der Waals surface area contributed by atoms with Crippen LogP contribution in [0.1, 0.15) is 17.9 Å². The molecule has 69 valence electrons. The van der Waals surface area contributed by atoms with Crippen LogP contribution in [-0.2, 0) is 0 Å². The standard InChI is InChI=1S/C11H11Cl2/c1-3-4-8(2)10-7-9(12)5-6-11(10)13/h3,5-8H,1-2,4H2. The first kappa shape index (κ1) is 10.6. The predicted octanol–water partition coefficient (Wildman–Crippen LogP) is 4.49. The van der Waals surface area contributed by atoms with Crippen molar-refractivity contribution in [2.75, 3.05) is 0 Å². The van der Waals surface area contributed by atoms with Crippen molar-refractivity contribution in [1.29, 1.82) is 0 Å². The highest BCUT2D eigenvalue weighted by molar-refractivity contribution is 6.33. The Balaban J connectivity index is 2.97. The highest BCUT2D eigenvalue weighted by Crippen LogP contribution is 2.29. The van der Waals surface area contributed by atoms with Crippen LogP contribution in [0.5, 0.6) is 0 Å². The lowest BCUT2D eigenvalue weighted by Gasteiger charge is -2.11. The summed E-state index contributed by atoms with van der Waals surface area (Å²) in [6.45, 7) is 7.65. The summed E-state index contributed by atoms with van der Waals surface area (Å²) in [5, 5.41) is 1.41. The van der Waals surface area contributed by atoms with E-state index in [1.165, 1.54) is 0 Å². The number of benzene rings is 1. The molecule has 1 radical (unpaired) electrons. The number of rotatable bonds is 3. The zero-order chi connectivity index (χ0) is 9.84. The number of hydrogen-bond acceptors (Lipinski definition) is 0. The lowest BCUT2D eigenvalue weighted by molar-refractivity contribution is 0.862. The Bertz CT molecular complexity index is 305. The Morgan fingerprint density at radius 1 is 1.38 bits per heavy atom. The van der Waals surface area contributed by atoms with Gasteiger partial charge in [0.2, 0.25) is 0 Å². The molecule has 0 aliphatic heterocycles. The summed E-state index contributed by atoms with van der Waals surface area (Å²) in [6.07, 6.45) is 2.63. The van der Waals surface area contributed by atoms with E-state index in [1.54, 1.807) is 12.1 Å². The molecule has 0 bridgehead atoms. The van der Waals surface area contributed by atoms with E-state index in [1.807, 2.05) is 12.1 Å². The van der Waals surface area contributed by atoms with E-state index in [9.17, 15) is 0 Å². The van der Waals surface area contributed by atoms with Gasteiger partial charge in [-0.3, -0.25) is 0 Å². The average Bonchev–Trinajstić information content (AvgIpc) is 2.09. The van der Waals surface area contributed by atoms with Crippen molar-refractivity contribution in [3.63, 3.8) is 0 Å². The predicted molar refractivity (Wildman–Crippen MR) is 59.4 cm³/mol. The molecule has 0 amide bonds. The van der Waals surface area contributed by atoms with Crippen molar-refractivity contribution in [3.8, 4) is 0 Å². The van der Waals surface area contributed by atoms with Crippen molar-refractivity contribution >= 4 is 23.2 Å². The Morgan fingerprint density at radius 2 is 2.08 bits per heavy atom. The van der Waals surface area contributed by atoms with Crippen LogP contribution >= 0.6 is 23.2 Å². The van der Waals surface area contributed by atoms with Crippen LogP contribution in [0.15, 0.2) is 30.9 Å². The second-order valence-corrected chi connectivity index (χ2v) is 3.73. The van der Waals surface area contributed by atoms with E-state index in [4.69, 9.17) is 23.2 Å². The minimum Gasteiger partial charge on any atom is -0.103 e. The van der Waals surface area contributed by atoms with Gasteiger partial charge in [0.05, 0.1) is 0 Å². The van der Waals surface area contributed by atoms with Gasteiger partial charge in [-0.1, -0.05) is 29.3 Å². The van der Waals surface area contributed by atoms with E-state index in [0.29, 0.717) is 10.0 Å². The van der Waals surface area contributed by atoms with Crippen molar-refractivity contribution in [1.82, 2.24) is 0 Å². The second-order valence-electron chi connectivity index (χ2n) is 2.89. The van der Waals surface area contributed by atoms with E-state index in [-0.39, 0.29) is 5.92 Å². The summed E-state index contributed by atoms with van der Waals surface area (Å²) >= 11 is 11.8. The average molecular weight is 214 g/mol. The van der Waals surface area contributed by atoms with Gasteiger partial charge in [0, 0.05) is 10.0 Å². The van der Waals surface area contributed by atoms with Gasteiger partial charge in [-0.05, 0) is 43.0 Å². The summed E-state index contributed by atoms with van der Waals surface area (Å²) in [7, 11) is 0. The first-order valence-corrected chi connectivity index (χ1v) is 4.79. The van der Waals surface area contributed by atoms with Crippen molar-refractivity contribution in [2.45, 2.75) is 12.3 Å². The molecule has 0 saturated carbocycles. The van der Waals surface area contributed by atoms with Gasteiger partial charge < -0.3 is 0 Å². The summed E-state index contributed by atoms with van der Waals surface area (Å²) in [4.78, 5) is 0. The molecule has 0 aromatic heterocycles. The molecule has 1 rings (SSSR count). The number of halogens is 2. The van der Waals surface area contributed by atoms with E-state index >= 15 is 0 Å². The molecule has 2 heteroatoms. The molecular formula is C11H11Cl2. The Hall–Kier alpha value is -0.460. The quantitative estimate of drug-likeness (QED) is 0.650. The van der Waals surface area contributed by atoms with Gasteiger partial charge in [-0.15, -0.1) is 6.58 Å². The van der Waals surface area contributed by atoms with Gasteiger partial charge in [0.15, 0.2) is 0 Å². The third-order valence-electron chi connectivity index (χ3n) is 1.85. The van der Waals surface area contributed by atoms with Gasteiger partial charge >= 0.3 is 0 Å². The van der Waals surface area contributed by atoms with Crippen LogP contribution in [-0.4, -0.2) is 0 Å². The maximum Gasteiger partial charge on any atom is 0.0441 e. The molecule has 1 atom stereocenters. The van der Waals surface area contributed by atoms with Crippen LogP contribution in [0.3, 0.4) is 0 Å². The smallest absolute Gasteiger partial charge is 0.0441 e. The molecule has 0 heterocycles. The van der Waals surface area contributed by atoms with Gasteiger partial charge in [0.25, 0.3) is 0 Å². The molecule has 0 N–H and O–H groups in total. The number of allylic oxidation sites excluding steroid dienone is 1. The third-order valence-corrected chi connectivity index (χ3v) is 2.43. The fraction of sp³-hybridized carbons (Fsp3) is 0.182. The molecule has 0 nitrogen and oxygen atoms in total. The third kappa shape index (κ3) is 2.75. The minimum absolute atomic E-state index is 0.128. The summed E-state index contributed by atoms with van der Waals surface area (Å²) in [6, 6.07) is 5.42. The zero-order valence-corrected chi connectivity index (χ0v) is 8.78. The summed E-state index contributed by atoms with van der Waals surface area (Å²) in [5.74, 6) is 0.128. The largest absolute Gasteiger partial charge is 0.103 e. The minimum atomic E-state index is 0.128. The molecule has 1 aromatic carbocycles. The maximum absolute atomic E-state index is 5.99. The van der Waals surface area contributed by atoms with Gasteiger partial charge in [-0.2, -0.15) is 0 Å². The molecule has 13 heavy (non-hydrogen) atoms. The van der Waals surface area contributed by atoms with Gasteiger partial charge in [-0.25, -0.2) is 0 Å². The Labute approximate surface area is 89.2 Å². The molecule has 0 aliphatic carbocycles. The van der Waals surface area contributed by atoms with Crippen LogP contribution in [0.25, 0.3) is 0 Å². The second kappa shape index (κ2) is 4.69. The first-order chi connectivity index (χ1) is 6.15. The fourth-order valence-electron chi connectivity index (χ4n) is 1.16.